The Morgan fingerprint density at radius 3 is 3.08 bits per heavy atom. The van der Waals surface area contributed by atoms with E-state index in [0.29, 0.717) is 11.7 Å². The number of nitrogens with two attached hydrogens (primary N) is 1. The van der Waals surface area contributed by atoms with Gasteiger partial charge in [-0.15, -0.1) is 0 Å². The normalized spacial score (nSPS) is 21.2. The van der Waals surface area contributed by atoms with Crippen molar-refractivity contribution in [1.82, 2.24) is 15.3 Å². The highest BCUT2D eigenvalue weighted by molar-refractivity contribution is 6.28. The predicted octanol–water partition coefficient (Wildman–Crippen LogP) is 0.919. The first-order valence-corrected chi connectivity index (χ1v) is 4.58. The minimum absolute atomic E-state index is 0.241. The lowest BCUT2D eigenvalue weighted by Gasteiger charge is -2.22. The molecule has 1 aromatic heterocycles. The minimum atomic E-state index is 0.241. The Balaban J connectivity index is 2.56. The molecule has 1 aromatic rings. The predicted molar refractivity (Wildman–Crippen MR) is 51.6 cm³/mol. The van der Waals surface area contributed by atoms with Crippen LogP contribution < -0.4 is 11.1 Å². The summed E-state index contributed by atoms with van der Waals surface area (Å²) in [5.41, 5.74) is 7.70. The van der Waals surface area contributed by atoms with Crippen molar-refractivity contribution in [3.8, 4) is 0 Å². The first kappa shape index (κ1) is 8.72. The number of halogens is 1. The van der Waals surface area contributed by atoms with Crippen LogP contribution in [-0.4, -0.2) is 16.5 Å². The zero-order chi connectivity index (χ0) is 9.42. The van der Waals surface area contributed by atoms with Gasteiger partial charge < -0.3 is 11.1 Å². The second-order valence-electron chi connectivity index (χ2n) is 3.27. The number of anilines is 1. The summed E-state index contributed by atoms with van der Waals surface area (Å²) < 4.78 is 0. The summed E-state index contributed by atoms with van der Waals surface area (Å²) in [6.45, 7) is 3.75. The van der Waals surface area contributed by atoms with E-state index < -0.39 is 0 Å². The van der Waals surface area contributed by atoms with Gasteiger partial charge in [-0.25, -0.2) is 9.97 Å². The van der Waals surface area contributed by atoms with Crippen LogP contribution in [0.4, 0.5) is 5.82 Å². The van der Waals surface area contributed by atoms with Gasteiger partial charge in [-0.1, -0.05) is 6.92 Å². The van der Waals surface area contributed by atoms with Gasteiger partial charge in [-0.05, 0) is 11.6 Å². The van der Waals surface area contributed by atoms with Crippen molar-refractivity contribution in [2.45, 2.75) is 19.4 Å². The third-order valence-electron chi connectivity index (χ3n) is 2.26. The quantitative estimate of drug-likeness (QED) is 0.609. The highest BCUT2D eigenvalue weighted by atomic mass is 35.5. The lowest BCUT2D eigenvalue weighted by molar-refractivity contribution is 0.555. The summed E-state index contributed by atoms with van der Waals surface area (Å²) in [5, 5.41) is 3.49. The van der Waals surface area contributed by atoms with Crippen LogP contribution in [0.1, 0.15) is 24.1 Å². The van der Waals surface area contributed by atoms with Crippen LogP contribution >= 0.6 is 11.6 Å². The molecule has 0 spiro atoms. The Labute approximate surface area is 81.5 Å². The SMILES string of the molecule is CC1CNCc2c(N)nc(Cl)nc21. The Morgan fingerprint density at radius 1 is 1.54 bits per heavy atom. The highest BCUT2D eigenvalue weighted by Gasteiger charge is 2.20. The molecule has 3 N–H and O–H groups in total. The van der Waals surface area contributed by atoms with E-state index in [1.54, 1.807) is 0 Å². The summed E-state index contributed by atoms with van der Waals surface area (Å²) in [6.07, 6.45) is 0. The van der Waals surface area contributed by atoms with Crippen LogP contribution in [0.15, 0.2) is 0 Å². The fourth-order valence-corrected chi connectivity index (χ4v) is 1.77. The van der Waals surface area contributed by atoms with Crippen molar-refractivity contribution in [2.75, 3.05) is 12.3 Å². The molecule has 0 saturated carbocycles. The fraction of sp³-hybridized carbons (Fsp3) is 0.500. The summed E-state index contributed by atoms with van der Waals surface area (Å²) >= 11 is 5.72. The molecule has 0 aromatic carbocycles. The van der Waals surface area contributed by atoms with Crippen LogP contribution in [-0.2, 0) is 6.54 Å². The Hall–Kier alpha value is -0.870. The van der Waals surface area contributed by atoms with E-state index >= 15 is 0 Å². The topological polar surface area (TPSA) is 63.8 Å². The molecule has 2 rings (SSSR count). The van der Waals surface area contributed by atoms with Crippen molar-refractivity contribution >= 4 is 17.4 Å². The minimum Gasteiger partial charge on any atom is -0.383 e. The molecule has 0 bridgehead atoms. The van der Waals surface area contributed by atoms with Gasteiger partial charge in [0, 0.05) is 24.6 Å². The van der Waals surface area contributed by atoms with E-state index in [-0.39, 0.29) is 5.28 Å². The number of aromatic nitrogens is 2. The summed E-state index contributed by atoms with van der Waals surface area (Å²) in [7, 11) is 0. The Morgan fingerprint density at radius 2 is 2.31 bits per heavy atom. The van der Waals surface area contributed by atoms with Crippen LogP contribution in [0.5, 0.6) is 0 Å². The number of nitrogens with zero attached hydrogens (tertiary/aromatic N) is 2. The van der Waals surface area contributed by atoms with E-state index in [4.69, 9.17) is 17.3 Å². The van der Waals surface area contributed by atoms with Crippen LogP contribution in [0.3, 0.4) is 0 Å². The standard InChI is InChI=1S/C8H11ClN4/c1-4-2-11-3-5-6(4)12-8(9)13-7(5)10/h4,11H,2-3H2,1H3,(H2,10,12,13). The summed E-state index contributed by atoms with van der Waals surface area (Å²) in [5.74, 6) is 0.848. The smallest absolute Gasteiger partial charge is 0.224 e. The molecule has 0 aliphatic carbocycles. The number of hydrogen-bond acceptors (Lipinski definition) is 4. The van der Waals surface area contributed by atoms with Gasteiger partial charge in [0.05, 0.1) is 5.69 Å². The molecule has 0 amide bonds. The van der Waals surface area contributed by atoms with Gasteiger partial charge in [0.15, 0.2) is 0 Å². The number of fused-ring (bicyclic) bond motifs is 1. The largest absolute Gasteiger partial charge is 0.383 e. The Kier molecular flexibility index (Phi) is 2.09. The lowest BCUT2D eigenvalue weighted by Crippen LogP contribution is -2.29. The van der Waals surface area contributed by atoms with E-state index in [2.05, 4.69) is 22.2 Å². The van der Waals surface area contributed by atoms with Crippen LogP contribution in [0, 0.1) is 0 Å². The van der Waals surface area contributed by atoms with E-state index in [0.717, 1.165) is 24.3 Å². The van der Waals surface area contributed by atoms with Crippen LogP contribution in [0.2, 0.25) is 5.28 Å². The lowest BCUT2D eigenvalue weighted by atomic mass is 9.99. The average Bonchev–Trinajstić information content (AvgIpc) is 2.07. The molecule has 0 fully saturated rings. The van der Waals surface area contributed by atoms with E-state index in [1.807, 2.05) is 0 Å². The van der Waals surface area contributed by atoms with E-state index in [1.165, 1.54) is 0 Å². The number of rotatable bonds is 0. The van der Waals surface area contributed by atoms with Gasteiger partial charge >= 0.3 is 0 Å². The zero-order valence-corrected chi connectivity index (χ0v) is 8.10. The molecule has 70 valence electrons. The molecule has 1 aliphatic rings. The molecule has 4 nitrogen and oxygen atoms in total. The first-order chi connectivity index (χ1) is 6.18. The monoisotopic (exact) mass is 198 g/mol. The molecule has 5 heteroatoms. The van der Waals surface area contributed by atoms with Crippen LogP contribution in [0.25, 0.3) is 0 Å². The second-order valence-corrected chi connectivity index (χ2v) is 3.61. The molecule has 1 aliphatic heterocycles. The van der Waals surface area contributed by atoms with Crippen molar-refractivity contribution in [2.24, 2.45) is 0 Å². The van der Waals surface area contributed by atoms with Gasteiger partial charge in [-0.3, -0.25) is 0 Å². The molecule has 0 saturated heterocycles. The maximum Gasteiger partial charge on any atom is 0.224 e. The summed E-state index contributed by atoms with van der Waals surface area (Å²) in [6, 6.07) is 0. The molecular formula is C8H11ClN4. The molecular weight excluding hydrogens is 188 g/mol. The number of hydrogen-bond donors (Lipinski definition) is 2. The molecule has 2 heterocycles. The Bertz CT molecular complexity index is 339. The zero-order valence-electron chi connectivity index (χ0n) is 7.34. The molecule has 1 atom stereocenters. The second kappa shape index (κ2) is 3.12. The maximum absolute atomic E-state index is 5.73. The van der Waals surface area contributed by atoms with Crippen molar-refractivity contribution in [3.63, 3.8) is 0 Å². The third kappa shape index (κ3) is 1.47. The van der Waals surface area contributed by atoms with Gasteiger partial charge in [0.1, 0.15) is 5.82 Å². The van der Waals surface area contributed by atoms with Crippen molar-refractivity contribution in [1.29, 1.82) is 0 Å². The maximum atomic E-state index is 5.73. The molecule has 13 heavy (non-hydrogen) atoms. The molecule has 0 radical (unpaired) electrons. The molecule has 1 unspecified atom stereocenters. The third-order valence-corrected chi connectivity index (χ3v) is 2.43. The van der Waals surface area contributed by atoms with E-state index in [9.17, 15) is 0 Å². The first-order valence-electron chi connectivity index (χ1n) is 4.21. The number of nitrogens with one attached hydrogen (secondary N) is 1. The van der Waals surface area contributed by atoms with Gasteiger partial charge in [0.25, 0.3) is 0 Å². The van der Waals surface area contributed by atoms with Crippen molar-refractivity contribution < 1.29 is 0 Å². The number of nitrogen functional groups attached to an aromatic ring is 1. The van der Waals surface area contributed by atoms with Gasteiger partial charge in [0.2, 0.25) is 5.28 Å². The average molecular weight is 199 g/mol. The highest BCUT2D eigenvalue weighted by Crippen LogP contribution is 2.25. The fourth-order valence-electron chi connectivity index (χ4n) is 1.59. The van der Waals surface area contributed by atoms with Crippen molar-refractivity contribution in [3.05, 3.63) is 16.5 Å². The van der Waals surface area contributed by atoms with Gasteiger partial charge in [-0.2, -0.15) is 0 Å². The summed E-state index contributed by atoms with van der Waals surface area (Å²) in [4.78, 5) is 8.10.